The van der Waals surface area contributed by atoms with Gasteiger partial charge < -0.3 is 10.8 Å². The lowest BCUT2D eigenvalue weighted by molar-refractivity contribution is 0.200. The third kappa shape index (κ3) is 2.36. The van der Waals surface area contributed by atoms with Crippen molar-refractivity contribution in [2.45, 2.75) is 37.0 Å². The van der Waals surface area contributed by atoms with Gasteiger partial charge in [-0.05, 0) is 25.0 Å². The predicted octanol–water partition coefficient (Wildman–Crippen LogP) is 0.982. The van der Waals surface area contributed by atoms with E-state index in [-0.39, 0.29) is 12.1 Å². The van der Waals surface area contributed by atoms with Crippen LogP contribution in [-0.4, -0.2) is 28.3 Å². The zero-order valence-corrected chi connectivity index (χ0v) is 7.86. The monoisotopic (exact) mass is 175 g/mol. The van der Waals surface area contributed by atoms with Crippen LogP contribution in [0, 0.1) is 0 Å². The minimum Gasteiger partial charge on any atom is -0.394 e. The molecular formula is C8H17NOS. The molecule has 0 radical (unpaired) electrons. The first-order chi connectivity index (χ1) is 5.20. The summed E-state index contributed by atoms with van der Waals surface area (Å²) in [5.74, 6) is 1.16. The highest BCUT2D eigenvalue weighted by Crippen LogP contribution is 2.34. The summed E-state index contributed by atoms with van der Waals surface area (Å²) in [4.78, 5) is 0. The van der Waals surface area contributed by atoms with Crippen molar-refractivity contribution >= 4 is 11.8 Å². The van der Waals surface area contributed by atoms with Crippen molar-refractivity contribution < 1.29 is 5.11 Å². The molecule has 2 atom stereocenters. The van der Waals surface area contributed by atoms with Gasteiger partial charge in [-0.25, -0.2) is 0 Å². The Morgan fingerprint density at radius 3 is 2.91 bits per heavy atom. The second kappa shape index (κ2) is 3.78. The Morgan fingerprint density at radius 1 is 1.73 bits per heavy atom. The Balaban J connectivity index is 2.33. The average molecular weight is 175 g/mol. The Hall–Kier alpha value is 0.270. The maximum atomic E-state index is 8.98. The van der Waals surface area contributed by atoms with Crippen molar-refractivity contribution in [3.8, 4) is 0 Å². The van der Waals surface area contributed by atoms with Gasteiger partial charge in [-0.15, -0.1) is 0 Å². The Kier molecular flexibility index (Phi) is 3.22. The van der Waals surface area contributed by atoms with E-state index >= 15 is 0 Å². The molecule has 3 N–H and O–H groups in total. The van der Waals surface area contributed by atoms with Crippen molar-refractivity contribution in [1.82, 2.24) is 0 Å². The summed E-state index contributed by atoms with van der Waals surface area (Å²) in [5, 5.41) is 9.67. The molecule has 0 aromatic carbocycles. The fourth-order valence-electron chi connectivity index (χ4n) is 1.63. The van der Waals surface area contributed by atoms with Crippen molar-refractivity contribution in [3.63, 3.8) is 0 Å². The molecule has 1 saturated carbocycles. The number of rotatable bonds is 3. The first-order valence-corrected chi connectivity index (χ1v) is 5.26. The molecule has 1 rings (SSSR count). The SMILES string of the molecule is CCSC1CCC(N)(CO)C1. The number of aliphatic hydroxyl groups is 1. The molecule has 1 fully saturated rings. The van der Waals surface area contributed by atoms with Gasteiger partial charge in [-0.1, -0.05) is 6.92 Å². The van der Waals surface area contributed by atoms with Crippen LogP contribution >= 0.6 is 11.8 Å². The van der Waals surface area contributed by atoms with E-state index in [0.717, 1.165) is 18.6 Å². The van der Waals surface area contributed by atoms with Crippen LogP contribution in [0.1, 0.15) is 26.2 Å². The van der Waals surface area contributed by atoms with E-state index in [1.807, 2.05) is 11.8 Å². The zero-order valence-electron chi connectivity index (χ0n) is 7.05. The molecule has 66 valence electrons. The van der Waals surface area contributed by atoms with Crippen LogP contribution in [0.5, 0.6) is 0 Å². The second-order valence-electron chi connectivity index (χ2n) is 3.34. The molecule has 0 aromatic rings. The molecule has 2 unspecified atom stereocenters. The summed E-state index contributed by atoms with van der Waals surface area (Å²) in [6.07, 6.45) is 3.15. The van der Waals surface area contributed by atoms with Gasteiger partial charge in [0.1, 0.15) is 0 Å². The maximum Gasteiger partial charge on any atom is 0.0611 e. The van der Waals surface area contributed by atoms with Gasteiger partial charge in [0.15, 0.2) is 0 Å². The fraction of sp³-hybridized carbons (Fsp3) is 1.00. The summed E-state index contributed by atoms with van der Waals surface area (Å²) < 4.78 is 0. The third-order valence-corrected chi connectivity index (χ3v) is 3.52. The van der Waals surface area contributed by atoms with Gasteiger partial charge in [0.2, 0.25) is 0 Å². The van der Waals surface area contributed by atoms with E-state index in [2.05, 4.69) is 6.92 Å². The lowest BCUT2D eigenvalue weighted by Crippen LogP contribution is -2.40. The largest absolute Gasteiger partial charge is 0.394 e. The standard InChI is InChI=1S/C8H17NOS/c1-2-11-7-3-4-8(9,5-7)6-10/h7,10H,2-6,9H2,1H3. The van der Waals surface area contributed by atoms with Gasteiger partial charge >= 0.3 is 0 Å². The summed E-state index contributed by atoms with van der Waals surface area (Å²) in [6, 6.07) is 0. The van der Waals surface area contributed by atoms with Gasteiger partial charge in [-0.3, -0.25) is 0 Å². The topological polar surface area (TPSA) is 46.2 Å². The number of hydrogen-bond donors (Lipinski definition) is 2. The highest BCUT2D eigenvalue weighted by molar-refractivity contribution is 7.99. The Labute approximate surface area is 72.5 Å². The maximum absolute atomic E-state index is 8.98. The first-order valence-electron chi connectivity index (χ1n) is 4.21. The lowest BCUT2D eigenvalue weighted by atomic mass is 10.0. The fourth-order valence-corrected chi connectivity index (χ4v) is 2.83. The molecule has 2 nitrogen and oxygen atoms in total. The summed E-state index contributed by atoms with van der Waals surface area (Å²) in [5.41, 5.74) is 5.66. The highest BCUT2D eigenvalue weighted by atomic mass is 32.2. The number of hydrogen-bond acceptors (Lipinski definition) is 3. The minimum absolute atomic E-state index is 0.147. The van der Waals surface area contributed by atoms with E-state index in [9.17, 15) is 0 Å². The molecule has 1 aliphatic carbocycles. The van der Waals surface area contributed by atoms with Crippen molar-refractivity contribution in [2.75, 3.05) is 12.4 Å². The predicted molar refractivity (Wildman–Crippen MR) is 49.8 cm³/mol. The Bertz CT molecular complexity index is 131. The van der Waals surface area contributed by atoms with Crippen LogP contribution in [0.3, 0.4) is 0 Å². The van der Waals surface area contributed by atoms with E-state index in [0.29, 0.717) is 5.25 Å². The van der Waals surface area contributed by atoms with Gasteiger partial charge in [-0.2, -0.15) is 11.8 Å². The molecular weight excluding hydrogens is 158 g/mol. The van der Waals surface area contributed by atoms with Crippen LogP contribution in [0.2, 0.25) is 0 Å². The third-order valence-electron chi connectivity index (χ3n) is 2.32. The smallest absolute Gasteiger partial charge is 0.0611 e. The van der Waals surface area contributed by atoms with Crippen LogP contribution < -0.4 is 5.73 Å². The zero-order chi connectivity index (χ0) is 8.32. The summed E-state index contributed by atoms with van der Waals surface area (Å²) in [6.45, 7) is 2.31. The number of aliphatic hydroxyl groups excluding tert-OH is 1. The molecule has 0 aromatic heterocycles. The first kappa shape index (κ1) is 9.36. The van der Waals surface area contributed by atoms with Crippen LogP contribution in [0.15, 0.2) is 0 Å². The van der Waals surface area contributed by atoms with Gasteiger partial charge in [0.05, 0.1) is 6.61 Å². The average Bonchev–Trinajstić information content (AvgIpc) is 2.35. The molecule has 1 aliphatic rings. The molecule has 11 heavy (non-hydrogen) atoms. The normalized spacial score (nSPS) is 37.9. The molecule has 0 aliphatic heterocycles. The summed E-state index contributed by atoms with van der Waals surface area (Å²) >= 11 is 1.97. The van der Waals surface area contributed by atoms with Crippen molar-refractivity contribution in [2.24, 2.45) is 5.73 Å². The van der Waals surface area contributed by atoms with E-state index in [4.69, 9.17) is 10.8 Å². The molecule has 0 saturated heterocycles. The van der Waals surface area contributed by atoms with E-state index in [1.54, 1.807) is 0 Å². The van der Waals surface area contributed by atoms with E-state index in [1.165, 1.54) is 6.42 Å². The Morgan fingerprint density at radius 2 is 2.45 bits per heavy atom. The highest BCUT2D eigenvalue weighted by Gasteiger charge is 2.34. The minimum atomic E-state index is -0.257. The molecule has 3 heteroatoms. The van der Waals surface area contributed by atoms with E-state index < -0.39 is 0 Å². The molecule has 0 spiro atoms. The van der Waals surface area contributed by atoms with Crippen LogP contribution in [0.4, 0.5) is 0 Å². The molecule has 0 heterocycles. The number of thioether (sulfide) groups is 1. The van der Waals surface area contributed by atoms with Gasteiger partial charge in [0.25, 0.3) is 0 Å². The van der Waals surface area contributed by atoms with Crippen LogP contribution in [-0.2, 0) is 0 Å². The number of nitrogens with two attached hydrogens (primary N) is 1. The van der Waals surface area contributed by atoms with Crippen LogP contribution in [0.25, 0.3) is 0 Å². The van der Waals surface area contributed by atoms with Crippen molar-refractivity contribution in [1.29, 1.82) is 0 Å². The quantitative estimate of drug-likeness (QED) is 0.672. The second-order valence-corrected chi connectivity index (χ2v) is 4.92. The lowest BCUT2D eigenvalue weighted by Gasteiger charge is -2.20. The van der Waals surface area contributed by atoms with Gasteiger partial charge in [0, 0.05) is 10.8 Å². The van der Waals surface area contributed by atoms with Crippen molar-refractivity contribution in [3.05, 3.63) is 0 Å². The molecule has 0 amide bonds. The summed E-state index contributed by atoms with van der Waals surface area (Å²) in [7, 11) is 0. The molecule has 0 bridgehead atoms.